The number of amides is 2. The summed E-state index contributed by atoms with van der Waals surface area (Å²) in [6, 6.07) is 16.2. The van der Waals surface area contributed by atoms with Gasteiger partial charge in [0.05, 0.1) is 16.9 Å². The van der Waals surface area contributed by atoms with E-state index in [0.717, 1.165) is 32.5 Å². The van der Waals surface area contributed by atoms with Crippen LogP contribution < -0.4 is 9.61 Å². The Balaban J connectivity index is 1.29. The van der Waals surface area contributed by atoms with E-state index in [-0.39, 0.29) is 45.6 Å². The highest BCUT2D eigenvalue weighted by molar-refractivity contribution is 8.00. The van der Waals surface area contributed by atoms with Crippen LogP contribution in [0.15, 0.2) is 64.4 Å². The number of likely N-dealkylation sites (tertiary alicyclic amines) is 1. The zero-order valence-corrected chi connectivity index (χ0v) is 21.9. The van der Waals surface area contributed by atoms with Crippen LogP contribution in [0.3, 0.4) is 0 Å². The van der Waals surface area contributed by atoms with Crippen LogP contribution in [0.2, 0.25) is 0 Å². The summed E-state index contributed by atoms with van der Waals surface area (Å²) < 4.78 is 6.11. The van der Waals surface area contributed by atoms with Crippen LogP contribution in [-0.4, -0.2) is 44.1 Å². The number of hydrogen-bond acceptors (Lipinski definition) is 7. The molecule has 8 atom stereocenters. The van der Waals surface area contributed by atoms with Crippen LogP contribution in [-0.2, 0) is 14.4 Å². The number of rotatable bonds is 5. The highest BCUT2D eigenvalue weighted by Gasteiger charge is 2.70. The van der Waals surface area contributed by atoms with Crippen molar-refractivity contribution in [2.75, 3.05) is 0 Å². The fourth-order valence-electron chi connectivity index (χ4n) is 7.30. The lowest BCUT2D eigenvalue weighted by molar-refractivity contribution is -0.154. The number of carboxylic acid groups (broad SMARTS) is 1. The van der Waals surface area contributed by atoms with Crippen LogP contribution in [0.5, 0.6) is 11.5 Å². The van der Waals surface area contributed by atoms with Gasteiger partial charge in [-0.05, 0) is 60.9 Å². The van der Waals surface area contributed by atoms with Crippen LogP contribution in [0, 0.1) is 29.6 Å². The highest BCUT2D eigenvalue weighted by atomic mass is 32.2. The molecule has 4 aliphatic rings. The topological polar surface area (TPSA) is 117 Å². The number of imide groups is 1. The first-order valence-corrected chi connectivity index (χ1v) is 14.4. The van der Waals surface area contributed by atoms with Crippen LogP contribution in [0.1, 0.15) is 29.7 Å². The van der Waals surface area contributed by atoms with Crippen LogP contribution >= 0.6 is 23.1 Å². The lowest BCUT2D eigenvalue weighted by atomic mass is 9.68. The molecule has 0 spiro atoms. The number of hydrogen-bond donors (Lipinski definition) is 2. The maximum absolute atomic E-state index is 13.5. The van der Waals surface area contributed by atoms with Gasteiger partial charge in [0.15, 0.2) is 0 Å². The number of aromatic amines is 1. The number of nitrogens with one attached hydrogen (secondary N) is 1. The van der Waals surface area contributed by atoms with Gasteiger partial charge < -0.3 is 14.8 Å². The van der Waals surface area contributed by atoms with Gasteiger partial charge in [0.2, 0.25) is 11.8 Å². The van der Waals surface area contributed by atoms with Gasteiger partial charge in [-0.15, -0.1) is 11.8 Å². The number of aromatic nitrogens is 1. The molecule has 2 aliphatic carbocycles. The van der Waals surface area contributed by atoms with Crippen molar-refractivity contribution in [3.63, 3.8) is 0 Å². The second-order valence-electron chi connectivity index (χ2n) is 10.5. The van der Waals surface area contributed by atoms with Gasteiger partial charge in [0.1, 0.15) is 17.5 Å². The second-order valence-corrected chi connectivity index (χ2v) is 12.7. The molecule has 8 nitrogen and oxygen atoms in total. The third-order valence-electron chi connectivity index (χ3n) is 8.70. The van der Waals surface area contributed by atoms with E-state index in [0.29, 0.717) is 5.75 Å². The first-order valence-electron chi connectivity index (χ1n) is 12.7. The molecule has 3 aromatic rings. The number of carbonyl (C=O) groups is 3. The van der Waals surface area contributed by atoms with Crippen molar-refractivity contribution in [1.82, 2.24) is 9.88 Å². The Bertz CT molecular complexity index is 1530. The Kier molecular flexibility index (Phi) is 5.35. The number of thiazole rings is 1. The van der Waals surface area contributed by atoms with E-state index in [4.69, 9.17) is 4.74 Å². The van der Waals surface area contributed by atoms with Crippen molar-refractivity contribution in [2.24, 2.45) is 29.6 Å². The third-order valence-corrected chi connectivity index (χ3v) is 11.3. The van der Waals surface area contributed by atoms with E-state index in [1.54, 1.807) is 11.8 Å². The molecule has 38 heavy (non-hydrogen) atoms. The molecule has 1 aromatic heterocycles. The van der Waals surface area contributed by atoms with Gasteiger partial charge in [-0.2, -0.15) is 0 Å². The number of carboxylic acids is 1. The fraction of sp³-hybridized carbons (Fsp3) is 0.357. The maximum Gasteiger partial charge on any atom is 0.326 e. The quantitative estimate of drug-likeness (QED) is 0.460. The van der Waals surface area contributed by atoms with E-state index >= 15 is 0 Å². The number of H-pyrrole nitrogens is 1. The zero-order valence-electron chi connectivity index (χ0n) is 20.3. The number of nitrogens with zero attached hydrogens (tertiary/aromatic N) is 1. The van der Waals surface area contributed by atoms with Crippen molar-refractivity contribution < 1.29 is 24.2 Å². The lowest BCUT2D eigenvalue weighted by Crippen LogP contribution is -2.44. The number of carbonyl (C=O) groups excluding carboxylic acids is 2. The molecular formula is C28H24N2O6S2. The molecule has 194 valence electrons. The van der Waals surface area contributed by atoms with E-state index in [1.165, 1.54) is 18.3 Å². The van der Waals surface area contributed by atoms with Gasteiger partial charge in [0, 0.05) is 16.0 Å². The molecule has 2 bridgehead atoms. The summed E-state index contributed by atoms with van der Waals surface area (Å²) in [4.78, 5) is 55.9. The van der Waals surface area contributed by atoms with Crippen molar-refractivity contribution in [3.8, 4) is 11.5 Å². The largest absolute Gasteiger partial charge is 0.480 e. The summed E-state index contributed by atoms with van der Waals surface area (Å²) in [6.45, 7) is 1.40. The zero-order chi connectivity index (χ0) is 26.3. The van der Waals surface area contributed by atoms with Crippen LogP contribution in [0.4, 0.5) is 0 Å². The van der Waals surface area contributed by atoms with E-state index in [1.807, 2.05) is 54.6 Å². The highest BCUT2D eigenvalue weighted by Crippen LogP contribution is 2.68. The summed E-state index contributed by atoms with van der Waals surface area (Å²) in [5, 5.41) is 10.4. The van der Waals surface area contributed by atoms with Gasteiger partial charge in [-0.1, -0.05) is 41.7 Å². The fourth-order valence-corrected chi connectivity index (χ4v) is 10.2. The number of benzene rings is 2. The Morgan fingerprint density at radius 1 is 1.03 bits per heavy atom. The molecule has 2 saturated carbocycles. The minimum absolute atomic E-state index is 0.0361. The van der Waals surface area contributed by atoms with Gasteiger partial charge in [-0.25, -0.2) is 4.79 Å². The molecule has 2 N–H and O–H groups in total. The molecule has 3 fully saturated rings. The molecule has 2 amide bonds. The Labute approximate surface area is 226 Å². The lowest BCUT2D eigenvalue weighted by Gasteiger charge is -2.43. The molecule has 0 radical (unpaired) electrons. The number of aliphatic carboxylic acids is 1. The molecule has 7 rings (SSSR count). The van der Waals surface area contributed by atoms with Crippen molar-refractivity contribution >= 4 is 40.9 Å². The van der Waals surface area contributed by atoms with Gasteiger partial charge in [0.25, 0.3) is 0 Å². The standard InChI is InChI=1S/C28H24N2O6S2/c1-12(27(33)34)30-25(31)20-16-11-17(21(20)26(30)32)22-19(16)18(23-24(37-22)29-28(35)38-23)13-6-5-9-15(10-13)36-14-7-3-2-4-8-14/h2-10,12,16-22H,11H2,1H3,(H,29,35)(H,33,34)/t12-,16-,17-,18-,19+,20+,21-,22-/m1/s1. The molecule has 3 heterocycles. The average Bonchev–Trinajstić information content (AvgIpc) is 3.63. The minimum Gasteiger partial charge on any atom is -0.480 e. The molecule has 1 saturated heterocycles. The Morgan fingerprint density at radius 3 is 2.47 bits per heavy atom. The van der Waals surface area contributed by atoms with Crippen molar-refractivity contribution in [2.45, 2.75) is 35.6 Å². The Hall–Kier alpha value is -3.37. The predicted octanol–water partition coefficient (Wildman–Crippen LogP) is 4.18. The van der Waals surface area contributed by atoms with Gasteiger partial charge >= 0.3 is 10.8 Å². The monoisotopic (exact) mass is 548 g/mol. The smallest absolute Gasteiger partial charge is 0.326 e. The van der Waals surface area contributed by atoms with Gasteiger partial charge in [-0.3, -0.25) is 19.3 Å². The summed E-state index contributed by atoms with van der Waals surface area (Å²) in [5.41, 5.74) is 1.00. The van der Waals surface area contributed by atoms with Crippen molar-refractivity contribution in [3.05, 3.63) is 74.7 Å². The summed E-state index contributed by atoms with van der Waals surface area (Å²) in [5.74, 6) is -1.73. The SMILES string of the molecule is C[C@H](C(=O)O)N1C(=O)[C@@H]2[C@H]3C[C@@H]([C@@H]2C1=O)[C@H]1[C@@H](c2cccc(Oc4ccccc4)c2)c2sc(=O)[nH]c2S[C@H]31. The molecule has 0 unspecified atom stereocenters. The first-order chi connectivity index (χ1) is 18.3. The third kappa shape index (κ3) is 3.36. The van der Waals surface area contributed by atoms with Crippen molar-refractivity contribution in [1.29, 1.82) is 0 Å². The van der Waals surface area contributed by atoms with E-state index in [2.05, 4.69) is 4.98 Å². The van der Waals surface area contributed by atoms with Crippen LogP contribution in [0.25, 0.3) is 0 Å². The summed E-state index contributed by atoms with van der Waals surface area (Å²) in [7, 11) is 0. The van der Waals surface area contributed by atoms with E-state index in [9.17, 15) is 24.3 Å². The average molecular weight is 549 g/mol. The first kappa shape index (κ1) is 23.7. The number of ether oxygens (including phenoxy) is 1. The number of thioether (sulfide) groups is 1. The normalized spacial score (nSPS) is 31.6. The number of para-hydroxylation sites is 1. The maximum atomic E-state index is 13.5. The second kappa shape index (κ2) is 8.57. The number of fused-ring (bicyclic) bond motifs is 9. The molecule has 2 aliphatic heterocycles. The molecular weight excluding hydrogens is 524 g/mol. The predicted molar refractivity (Wildman–Crippen MR) is 140 cm³/mol. The minimum atomic E-state index is -1.18. The molecule has 10 heteroatoms. The van der Waals surface area contributed by atoms with E-state index < -0.39 is 23.8 Å². The Morgan fingerprint density at radius 2 is 1.74 bits per heavy atom. The molecule has 2 aromatic carbocycles. The summed E-state index contributed by atoms with van der Waals surface area (Å²) >= 11 is 2.81. The summed E-state index contributed by atoms with van der Waals surface area (Å²) in [6.07, 6.45) is 0.750.